The number of aromatic nitrogens is 2. The molecule has 0 saturated carbocycles. The van der Waals surface area contributed by atoms with Crippen LogP contribution in [0, 0.1) is 6.92 Å². The largest absolute Gasteiger partial charge is 0.328 e. The van der Waals surface area contributed by atoms with E-state index in [0.717, 1.165) is 28.4 Å². The van der Waals surface area contributed by atoms with Crippen molar-refractivity contribution in [2.45, 2.75) is 26.3 Å². The first kappa shape index (κ1) is 17.3. The second-order valence-electron chi connectivity index (χ2n) is 5.86. The molecule has 2 aromatic heterocycles. The summed E-state index contributed by atoms with van der Waals surface area (Å²) >= 11 is 1.48. The van der Waals surface area contributed by atoms with Crippen LogP contribution in [0.5, 0.6) is 0 Å². The summed E-state index contributed by atoms with van der Waals surface area (Å²) in [4.78, 5) is 24.6. The highest BCUT2D eigenvalue weighted by atomic mass is 32.1. The molecule has 0 saturated heterocycles. The Morgan fingerprint density at radius 1 is 1.16 bits per heavy atom. The number of amides is 1. The fraction of sp³-hybridized carbons (Fsp3) is 0.250. The molecule has 0 N–H and O–H groups in total. The van der Waals surface area contributed by atoms with Gasteiger partial charge in [-0.15, -0.1) is 11.3 Å². The number of pyridine rings is 1. The molecule has 0 aliphatic heterocycles. The van der Waals surface area contributed by atoms with Gasteiger partial charge in [0.1, 0.15) is 4.88 Å². The second kappa shape index (κ2) is 7.57. The third-order valence-corrected chi connectivity index (χ3v) is 5.42. The minimum Gasteiger partial charge on any atom is -0.328 e. The van der Waals surface area contributed by atoms with Crippen molar-refractivity contribution in [2.75, 3.05) is 7.05 Å². The summed E-state index contributed by atoms with van der Waals surface area (Å²) in [6.07, 6.45) is 2.60. The van der Waals surface area contributed by atoms with E-state index in [4.69, 9.17) is 0 Å². The van der Waals surface area contributed by atoms with Crippen molar-refractivity contribution in [1.29, 1.82) is 0 Å². The molecule has 25 heavy (non-hydrogen) atoms. The van der Waals surface area contributed by atoms with Crippen LogP contribution in [0.15, 0.2) is 54.7 Å². The van der Waals surface area contributed by atoms with Crippen molar-refractivity contribution in [2.24, 2.45) is 0 Å². The number of rotatable bonds is 5. The van der Waals surface area contributed by atoms with Crippen molar-refractivity contribution in [3.8, 4) is 0 Å². The molecule has 1 atom stereocenters. The number of carbonyl (C=O) groups excluding carboxylic acids is 1. The molecule has 5 heteroatoms. The van der Waals surface area contributed by atoms with Gasteiger partial charge in [-0.3, -0.25) is 9.78 Å². The Labute approximate surface area is 152 Å². The van der Waals surface area contributed by atoms with Gasteiger partial charge in [-0.05, 0) is 31.0 Å². The SMILES string of the molecule is CCc1nc(C)c(C(=O)N(C)C(c2ccccc2)c2ccccn2)s1. The molecular formula is C20H21N3OS. The molecule has 1 unspecified atom stereocenters. The zero-order chi connectivity index (χ0) is 17.8. The lowest BCUT2D eigenvalue weighted by atomic mass is 10.0. The van der Waals surface area contributed by atoms with E-state index in [1.807, 2.05) is 62.5 Å². The van der Waals surface area contributed by atoms with Crippen molar-refractivity contribution >= 4 is 17.2 Å². The number of hydrogen-bond acceptors (Lipinski definition) is 4. The third kappa shape index (κ3) is 3.61. The van der Waals surface area contributed by atoms with E-state index in [9.17, 15) is 4.79 Å². The Bertz CT molecular complexity index is 806. The lowest BCUT2D eigenvalue weighted by Gasteiger charge is -2.28. The molecule has 1 aromatic carbocycles. The Morgan fingerprint density at radius 3 is 2.48 bits per heavy atom. The predicted octanol–water partition coefficient (Wildman–Crippen LogP) is 4.27. The van der Waals surface area contributed by atoms with Gasteiger partial charge in [0.05, 0.1) is 22.4 Å². The highest BCUT2D eigenvalue weighted by Gasteiger charge is 2.27. The van der Waals surface area contributed by atoms with Crippen LogP contribution >= 0.6 is 11.3 Å². The minimum atomic E-state index is -0.235. The van der Waals surface area contributed by atoms with Gasteiger partial charge in [0.25, 0.3) is 5.91 Å². The summed E-state index contributed by atoms with van der Waals surface area (Å²) in [5.41, 5.74) is 2.68. The van der Waals surface area contributed by atoms with Crippen LogP contribution in [0.25, 0.3) is 0 Å². The fourth-order valence-electron chi connectivity index (χ4n) is 2.85. The van der Waals surface area contributed by atoms with Gasteiger partial charge in [-0.1, -0.05) is 43.3 Å². The van der Waals surface area contributed by atoms with E-state index in [-0.39, 0.29) is 11.9 Å². The van der Waals surface area contributed by atoms with Gasteiger partial charge in [0.15, 0.2) is 0 Å². The molecule has 1 amide bonds. The number of carbonyl (C=O) groups is 1. The molecule has 4 nitrogen and oxygen atoms in total. The quantitative estimate of drug-likeness (QED) is 0.689. The van der Waals surface area contributed by atoms with Crippen molar-refractivity contribution in [1.82, 2.24) is 14.9 Å². The summed E-state index contributed by atoms with van der Waals surface area (Å²) < 4.78 is 0. The lowest BCUT2D eigenvalue weighted by molar-refractivity contribution is 0.0756. The van der Waals surface area contributed by atoms with E-state index in [1.165, 1.54) is 11.3 Å². The van der Waals surface area contributed by atoms with Crippen LogP contribution in [0.3, 0.4) is 0 Å². The smallest absolute Gasteiger partial charge is 0.266 e. The normalized spacial score (nSPS) is 12.0. The summed E-state index contributed by atoms with van der Waals surface area (Å²) in [6.45, 7) is 3.95. The topological polar surface area (TPSA) is 46.1 Å². The maximum absolute atomic E-state index is 13.2. The second-order valence-corrected chi connectivity index (χ2v) is 6.94. The first-order valence-electron chi connectivity index (χ1n) is 8.31. The monoisotopic (exact) mass is 351 g/mol. The summed E-state index contributed by atoms with van der Waals surface area (Å²) in [7, 11) is 1.83. The van der Waals surface area contributed by atoms with E-state index in [0.29, 0.717) is 4.88 Å². The number of nitrogens with zero attached hydrogens (tertiary/aromatic N) is 3. The zero-order valence-corrected chi connectivity index (χ0v) is 15.5. The molecule has 0 fully saturated rings. The molecule has 0 bridgehead atoms. The number of hydrogen-bond donors (Lipinski definition) is 0. The van der Waals surface area contributed by atoms with Crippen LogP contribution in [0.4, 0.5) is 0 Å². The molecule has 3 aromatic rings. The Hall–Kier alpha value is -2.53. The molecule has 128 valence electrons. The molecule has 0 aliphatic carbocycles. The Morgan fingerprint density at radius 2 is 1.88 bits per heavy atom. The van der Waals surface area contributed by atoms with E-state index in [1.54, 1.807) is 11.1 Å². The van der Waals surface area contributed by atoms with Crippen molar-refractivity contribution in [3.05, 3.63) is 81.6 Å². The lowest BCUT2D eigenvalue weighted by Crippen LogP contribution is -2.32. The van der Waals surface area contributed by atoms with Crippen LogP contribution in [-0.2, 0) is 6.42 Å². The third-order valence-electron chi connectivity index (χ3n) is 4.13. The number of aryl methyl sites for hydroxylation is 2. The maximum Gasteiger partial charge on any atom is 0.266 e. The number of thiazole rings is 1. The minimum absolute atomic E-state index is 0.0193. The first-order chi connectivity index (χ1) is 12.1. The van der Waals surface area contributed by atoms with E-state index < -0.39 is 0 Å². The van der Waals surface area contributed by atoms with Crippen molar-refractivity contribution in [3.63, 3.8) is 0 Å². The standard InChI is InChI=1S/C20H21N3OS/c1-4-17-22-14(2)19(25-17)20(24)23(3)18(15-10-6-5-7-11-15)16-12-8-9-13-21-16/h5-13,18H,4H2,1-3H3. The molecule has 0 spiro atoms. The molecule has 0 radical (unpaired) electrons. The molecular weight excluding hydrogens is 330 g/mol. The number of benzene rings is 1. The summed E-state index contributed by atoms with van der Waals surface area (Å²) in [5.74, 6) is -0.0193. The maximum atomic E-state index is 13.2. The van der Waals surface area contributed by atoms with Crippen LogP contribution in [0.1, 0.15) is 44.6 Å². The highest BCUT2D eigenvalue weighted by molar-refractivity contribution is 7.13. The average molecular weight is 351 g/mol. The highest BCUT2D eigenvalue weighted by Crippen LogP contribution is 2.29. The summed E-state index contributed by atoms with van der Waals surface area (Å²) in [5, 5.41) is 0.989. The van der Waals surface area contributed by atoms with Gasteiger partial charge in [0, 0.05) is 13.2 Å². The van der Waals surface area contributed by atoms with Gasteiger partial charge in [-0.2, -0.15) is 0 Å². The van der Waals surface area contributed by atoms with Crippen LogP contribution < -0.4 is 0 Å². The van der Waals surface area contributed by atoms with Crippen LogP contribution in [0.2, 0.25) is 0 Å². The first-order valence-corrected chi connectivity index (χ1v) is 9.12. The molecule has 3 rings (SSSR count). The molecule has 0 aliphatic rings. The van der Waals surface area contributed by atoms with Gasteiger partial charge in [0.2, 0.25) is 0 Å². The van der Waals surface area contributed by atoms with Gasteiger partial charge < -0.3 is 4.90 Å². The Balaban J connectivity index is 2.01. The average Bonchev–Trinajstić information content (AvgIpc) is 3.04. The van der Waals surface area contributed by atoms with E-state index in [2.05, 4.69) is 16.9 Å². The van der Waals surface area contributed by atoms with Gasteiger partial charge in [-0.25, -0.2) is 4.98 Å². The van der Waals surface area contributed by atoms with Crippen LogP contribution in [-0.4, -0.2) is 27.8 Å². The van der Waals surface area contributed by atoms with Gasteiger partial charge >= 0.3 is 0 Å². The molecule has 2 heterocycles. The summed E-state index contributed by atoms with van der Waals surface area (Å²) in [6, 6.07) is 15.5. The fourth-order valence-corrected chi connectivity index (χ4v) is 3.83. The predicted molar refractivity (Wildman–Crippen MR) is 101 cm³/mol. The Kier molecular flexibility index (Phi) is 5.24. The van der Waals surface area contributed by atoms with E-state index >= 15 is 0 Å². The van der Waals surface area contributed by atoms with Crippen molar-refractivity contribution < 1.29 is 4.79 Å². The zero-order valence-electron chi connectivity index (χ0n) is 14.6.